The van der Waals surface area contributed by atoms with Gasteiger partial charge in [0.2, 0.25) is 0 Å². The molecule has 0 radical (unpaired) electrons. The van der Waals surface area contributed by atoms with Crippen LogP contribution in [0.25, 0.3) is 11.1 Å². The Morgan fingerprint density at radius 1 is 0.784 bits per heavy atom. The van der Waals surface area contributed by atoms with Gasteiger partial charge in [-0.05, 0) is 52.1 Å². The number of carboxylic acid groups (broad SMARTS) is 1. The number of aliphatic carboxylic acids is 1. The first kappa shape index (κ1) is 24.1. The highest BCUT2D eigenvalue weighted by atomic mass is 16.6. The molecule has 4 aromatic carbocycles. The lowest BCUT2D eigenvalue weighted by Crippen LogP contribution is -2.44. The molecule has 0 unspecified atom stereocenters. The van der Waals surface area contributed by atoms with Gasteiger partial charge in [0.25, 0.3) is 0 Å². The Morgan fingerprint density at radius 3 is 1.92 bits per heavy atom. The predicted octanol–water partition coefficient (Wildman–Crippen LogP) is 6.36. The van der Waals surface area contributed by atoms with Crippen molar-refractivity contribution in [3.63, 3.8) is 0 Å². The van der Waals surface area contributed by atoms with E-state index in [0.29, 0.717) is 11.5 Å². The van der Waals surface area contributed by atoms with Crippen LogP contribution >= 0.6 is 0 Å². The van der Waals surface area contributed by atoms with Gasteiger partial charge in [0, 0.05) is 19.4 Å². The number of hydrogen-bond acceptors (Lipinski definition) is 4. The Kier molecular flexibility index (Phi) is 6.90. The van der Waals surface area contributed by atoms with Crippen molar-refractivity contribution in [3.8, 4) is 22.6 Å². The van der Waals surface area contributed by atoms with Crippen molar-refractivity contribution in [1.29, 1.82) is 0 Å². The lowest BCUT2D eigenvalue weighted by atomic mass is 9.98. The number of fused-ring (bicyclic) bond motifs is 3. The van der Waals surface area contributed by atoms with E-state index < -0.39 is 18.1 Å². The summed E-state index contributed by atoms with van der Waals surface area (Å²) in [7, 11) is 1.46. The lowest BCUT2D eigenvalue weighted by molar-refractivity contribution is -0.142. The van der Waals surface area contributed by atoms with E-state index in [1.807, 2.05) is 66.7 Å². The van der Waals surface area contributed by atoms with E-state index in [-0.39, 0.29) is 18.9 Å². The van der Waals surface area contributed by atoms with Gasteiger partial charge < -0.3 is 14.6 Å². The molecule has 1 aliphatic rings. The minimum absolute atomic E-state index is 0.0924. The van der Waals surface area contributed by atoms with Gasteiger partial charge in [-0.25, -0.2) is 9.59 Å². The highest BCUT2D eigenvalue weighted by Crippen LogP contribution is 2.44. The van der Waals surface area contributed by atoms with Gasteiger partial charge >= 0.3 is 12.1 Å². The first-order chi connectivity index (χ1) is 18.0. The Balaban J connectivity index is 1.24. The van der Waals surface area contributed by atoms with E-state index >= 15 is 0 Å². The van der Waals surface area contributed by atoms with Crippen LogP contribution in [0.3, 0.4) is 0 Å². The summed E-state index contributed by atoms with van der Waals surface area (Å²) < 4.78 is 11.5. The maximum Gasteiger partial charge on any atom is 0.410 e. The standard InChI is InChI=1S/C31H27NO5/c1-32(29(30(33)34)19-21-15-17-23(18-16-21)37-22-9-3-2-4-10-22)31(35)36-20-28-26-13-7-5-11-24(26)25-12-6-8-14-27(25)28/h2-18,28-29H,19-20H2,1H3,(H,33,34)/t29-/m1/s1. The second-order valence-electron chi connectivity index (χ2n) is 9.03. The Hall–Kier alpha value is -4.58. The van der Waals surface area contributed by atoms with Crippen LogP contribution in [0, 0.1) is 0 Å². The molecule has 186 valence electrons. The number of para-hydroxylation sites is 1. The minimum Gasteiger partial charge on any atom is -0.480 e. The zero-order valence-electron chi connectivity index (χ0n) is 20.4. The molecule has 1 aliphatic carbocycles. The molecule has 37 heavy (non-hydrogen) atoms. The third-order valence-corrected chi connectivity index (χ3v) is 6.71. The summed E-state index contributed by atoms with van der Waals surface area (Å²) in [6.45, 7) is 0.134. The van der Waals surface area contributed by atoms with E-state index in [1.54, 1.807) is 24.3 Å². The number of benzene rings is 4. The summed E-state index contributed by atoms with van der Waals surface area (Å²) in [5.41, 5.74) is 5.25. The molecule has 6 nitrogen and oxygen atoms in total. The Labute approximate surface area is 215 Å². The van der Waals surface area contributed by atoms with Crippen LogP contribution in [0.4, 0.5) is 4.79 Å². The summed E-state index contributed by atoms with van der Waals surface area (Å²) in [4.78, 5) is 26.2. The van der Waals surface area contributed by atoms with Crippen molar-refractivity contribution in [1.82, 2.24) is 4.90 Å². The molecule has 4 aromatic rings. The van der Waals surface area contributed by atoms with E-state index in [0.717, 1.165) is 32.7 Å². The molecule has 0 fully saturated rings. The van der Waals surface area contributed by atoms with Crippen molar-refractivity contribution in [2.45, 2.75) is 18.4 Å². The average molecular weight is 494 g/mol. The first-order valence-corrected chi connectivity index (χ1v) is 12.1. The summed E-state index contributed by atoms with van der Waals surface area (Å²) in [6, 6.07) is 31.7. The van der Waals surface area contributed by atoms with Crippen LogP contribution in [-0.2, 0) is 16.0 Å². The van der Waals surface area contributed by atoms with Crippen molar-refractivity contribution in [2.75, 3.05) is 13.7 Å². The molecule has 0 aromatic heterocycles. The third-order valence-electron chi connectivity index (χ3n) is 6.71. The van der Waals surface area contributed by atoms with Crippen LogP contribution < -0.4 is 4.74 Å². The van der Waals surface area contributed by atoms with Gasteiger partial charge in [-0.15, -0.1) is 0 Å². The summed E-state index contributed by atoms with van der Waals surface area (Å²) in [5.74, 6) is 0.172. The number of carboxylic acids is 1. The Morgan fingerprint density at radius 2 is 1.32 bits per heavy atom. The number of rotatable bonds is 8. The molecule has 0 bridgehead atoms. The van der Waals surface area contributed by atoms with E-state index in [1.165, 1.54) is 7.05 Å². The van der Waals surface area contributed by atoms with Crippen molar-refractivity contribution in [3.05, 3.63) is 120 Å². The van der Waals surface area contributed by atoms with Gasteiger partial charge in [0.05, 0.1) is 0 Å². The van der Waals surface area contributed by atoms with Gasteiger partial charge in [0.15, 0.2) is 0 Å². The fourth-order valence-electron chi connectivity index (χ4n) is 4.75. The predicted molar refractivity (Wildman–Crippen MR) is 141 cm³/mol. The zero-order valence-corrected chi connectivity index (χ0v) is 20.4. The maximum absolute atomic E-state index is 12.9. The van der Waals surface area contributed by atoms with Gasteiger partial charge in [-0.2, -0.15) is 0 Å². The number of amides is 1. The molecule has 6 heteroatoms. The smallest absolute Gasteiger partial charge is 0.410 e. The SMILES string of the molecule is CN(C(=O)OCC1c2ccccc2-c2ccccc21)[C@H](Cc1ccc(Oc2ccccc2)cc1)C(=O)O. The van der Waals surface area contributed by atoms with E-state index in [4.69, 9.17) is 9.47 Å². The highest BCUT2D eigenvalue weighted by Gasteiger charge is 2.32. The first-order valence-electron chi connectivity index (χ1n) is 12.1. The quantitative estimate of drug-likeness (QED) is 0.309. The lowest BCUT2D eigenvalue weighted by Gasteiger charge is -2.25. The molecule has 0 saturated heterocycles. The van der Waals surface area contributed by atoms with Crippen LogP contribution in [-0.4, -0.2) is 41.8 Å². The highest BCUT2D eigenvalue weighted by molar-refractivity contribution is 5.81. The number of carbonyl (C=O) groups is 2. The average Bonchev–Trinajstić information content (AvgIpc) is 3.25. The molecular weight excluding hydrogens is 466 g/mol. The fourth-order valence-corrected chi connectivity index (χ4v) is 4.75. The number of likely N-dealkylation sites (N-methyl/N-ethyl adjacent to an activating group) is 1. The number of ether oxygens (including phenoxy) is 2. The van der Waals surface area contributed by atoms with Gasteiger partial charge in [0.1, 0.15) is 24.1 Å². The molecule has 0 spiro atoms. The number of nitrogens with zero attached hydrogens (tertiary/aromatic N) is 1. The van der Waals surface area contributed by atoms with Gasteiger partial charge in [-0.1, -0.05) is 78.9 Å². The molecule has 1 amide bonds. The second-order valence-corrected chi connectivity index (χ2v) is 9.03. The van der Waals surface area contributed by atoms with Crippen molar-refractivity contribution in [2.24, 2.45) is 0 Å². The molecule has 0 aliphatic heterocycles. The van der Waals surface area contributed by atoms with E-state index in [9.17, 15) is 14.7 Å². The zero-order chi connectivity index (χ0) is 25.8. The van der Waals surface area contributed by atoms with Crippen LogP contribution in [0.1, 0.15) is 22.6 Å². The molecule has 5 rings (SSSR count). The largest absolute Gasteiger partial charge is 0.480 e. The third kappa shape index (κ3) is 5.19. The monoisotopic (exact) mass is 493 g/mol. The normalized spacial score (nSPS) is 12.8. The van der Waals surface area contributed by atoms with Crippen LogP contribution in [0.5, 0.6) is 11.5 Å². The molecule has 0 saturated carbocycles. The molecule has 1 N–H and O–H groups in total. The topological polar surface area (TPSA) is 76.1 Å². The summed E-state index contributed by atoms with van der Waals surface area (Å²) >= 11 is 0. The minimum atomic E-state index is -1.10. The summed E-state index contributed by atoms with van der Waals surface area (Å²) in [5, 5.41) is 9.87. The number of hydrogen-bond donors (Lipinski definition) is 1. The summed E-state index contributed by atoms with van der Waals surface area (Å²) in [6.07, 6.45) is -0.528. The second kappa shape index (κ2) is 10.6. The van der Waals surface area contributed by atoms with Gasteiger partial charge in [-0.3, -0.25) is 4.90 Å². The molecular formula is C31H27NO5. The van der Waals surface area contributed by atoms with Crippen molar-refractivity contribution >= 4 is 12.1 Å². The molecule has 1 atom stereocenters. The number of carbonyl (C=O) groups excluding carboxylic acids is 1. The maximum atomic E-state index is 12.9. The van der Waals surface area contributed by atoms with E-state index in [2.05, 4.69) is 12.1 Å². The van der Waals surface area contributed by atoms with Crippen LogP contribution in [0.2, 0.25) is 0 Å². The molecule has 0 heterocycles. The van der Waals surface area contributed by atoms with Crippen LogP contribution in [0.15, 0.2) is 103 Å². The fraction of sp³-hybridized carbons (Fsp3) is 0.161. The Bertz CT molecular complexity index is 1360. The van der Waals surface area contributed by atoms with Crippen molar-refractivity contribution < 1.29 is 24.2 Å².